The van der Waals surface area contributed by atoms with E-state index in [9.17, 15) is 4.79 Å². The van der Waals surface area contributed by atoms with Crippen molar-refractivity contribution in [3.8, 4) is 0 Å². The third kappa shape index (κ3) is 1.73. The summed E-state index contributed by atoms with van der Waals surface area (Å²) in [4.78, 5) is 10.8. The van der Waals surface area contributed by atoms with E-state index in [1.165, 1.54) is 0 Å². The molecule has 0 amide bonds. The molecule has 1 aliphatic carbocycles. The normalized spacial score (nSPS) is 25.7. The number of hydrogen-bond acceptors (Lipinski definition) is 3. The quantitative estimate of drug-likeness (QED) is 0.791. The van der Waals surface area contributed by atoms with Crippen molar-refractivity contribution in [2.45, 2.75) is 32.1 Å². The number of carboxylic acid groups (broad SMARTS) is 1. The first kappa shape index (κ1) is 10.1. The van der Waals surface area contributed by atoms with Crippen LogP contribution in [0.5, 0.6) is 0 Å². The zero-order valence-corrected chi connectivity index (χ0v) is 8.97. The van der Waals surface area contributed by atoms with Crippen LogP contribution >= 0.6 is 0 Å². The van der Waals surface area contributed by atoms with Crippen molar-refractivity contribution in [2.75, 3.05) is 0 Å². The predicted octanol–water partition coefficient (Wildman–Crippen LogP) is 1.09. The first-order chi connectivity index (χ1) is 7.09. The molecule has 1 saturated carbocycles. The highest BCUT2D eigenvalue weighted by Gasteiger charge is 2.33. The Bertz CT molecular complexity index is 386. The second-order valence-electron chi connectivity index (χ2n) is 4.21. The lowest BCUT2D eigenvalue weighted by molar-refractivity contribution is -0.141. The topological polar surface area (TPSA) is 68.0 Å². The Hall–Kier alpha value is -1.39. The van der Waals surface area contributed by atoms with Gasteiger partial charge in [0, 0.05) is 13.0 Å². The molecule has 0 aliphatic heterocycles. The fraction of sp³-hybridized carbons (Fsp3) is 0.700. The van der Waals surface area contributed by atoms with Gasteiger partial charge in [0.15, 0.2) is 0 Å². The molecule has 5 nitrogen and oxygen atoms in total. The minimum absolute atomic E-state index is 0.202. The molecule has 1 N–H and O–H groups in total. The highest BCUT2D eigenvalue weighted by molar-refractivity contribution is 5.70. The molecular weight excluding hydrogens is 194 g/mol. The van der Waals surface area contributed by atoms with Crippen molar-refractivity contribution < 1.29 is 9.90 Å². The van der Waals surface area contributed by atoms with Crippen LogP contribution in [0.2, 0.25) is 0 Å². The molecule has 0 spiro atoms. The van der Waals surface area contributed by atoms with Gasteiger partial charge < -0.3 is 9.67 Å². The van der Waals surface area contributed by atoms with E-state index in [4.69, 9.17) is 5.11 Å². The molecule has 1 aromatic heterocycles. The average Bonchev–Trinajstić information content (AvgIpc) is 2.76. The van der Waals surface area contributed by atoms with Crippen LogP contribution in [0.1, 0.15) is 36.8 Å². The van der Waals surface area contributed by atoms with Crippen molar-refractivity contribution in [3.05, 3.63) is 11.6 Å². The summed E-state index contributed by atoms with van der Waals surface area (Å²) in [6, 6.07) is 0. The van der Waals surface area contributed by atoms with E-state index in [1.54, 1.807) is 0 Å². The number of aryl methyl sites for hydroxylation is 1. The molecule has 82 valence electrons. The van der Waals surface area contributed by atoms with E-state index in [0.717, 1.165) is 24.5 Å². The van der Waals surface area contributed by atoms with Gasteiger partial charge >= 0.3 is 5.97 Å². The van der Waals surface area contributed by atoms with Crippen molar-refractivity contribution in [1.82, 2.24) is 14.8 Å². The summed E-state index contributed by atoms with van der Waals surface area (Å²) in [6.07, 6.45) is 2.36. The molecule has 2 unspecified atom stereocenters. The molecule has 0 bridgehead atoms. The zero-order valence-electron chi connectivity index (χ0n) is 8.97. The van der Waals surface area contributed by atoms with Crippen molar-refractivity contribution in [2.24, 2.45) is 13.0 Å². The Morgan fingerprint density at radius 2 is 2.20 bits per heavy atom. The molecule has 0 radical (unpaired) electrons. The molecular formula is C10H15N3O2. The smallest absolute Gasteiger partial charge is 0.306 e. The van der Waals surface area contributed by atoms with Crippen LogP contribution in [0.15, 0.2) is 0 Å². The molecule has 1 aliphatic rings. The molecule has 2 rings (SSSR count). The summed E-state index contributed by atoms with van der Waals surface area (Å²) in [7, 11) is 1.93. The standard InChI is InChI=1S/C10H15N3O2/c1-6-11-12-9(13(6)2)7-3-4-8(5-7)10(14)15/h7-8H,3-5H2,1-2H3,(H,14,15). The Morgan fingerprint density at radius 3 is 2.67 bits per heavy atom. The molecule has 0 aromatic carbocycles. The number of carbonyl (C=O) groups is 1. The fourth-order valence-electron chi connectivity index (χ4n) is 2.22. The fourth-order valence-corrected chi connectivity index (χ4v) is 2.22. The van der Waals surface area contributed by atoms with Crippen molar-refractivity contribution in [3.63, 3.8) is 0 Å². The Kier molecular flexibility index (Phi) is 2.46. The molecule has 0 saturated heterocycles. The van der Waals surface area contributed by atoms with E-state index in [1.807, 2.05) is 18.5 Å². The van der Waals surface area contributed by atoms with E-state index in [0.29, 0.717) is 6.42 Å². The number of aromatic nitrogens is 3. The molecule has 1 fully saturated rings. The van der Waals surface area contributed by atoms with Gasteiger partial charge in [0.2, 0.25) is 0 Å². The monoisotopic (exact) mass is 209 g/mol. The lowest BCUT2D eigenvalue weighted by atomic mass is 10.0. The number of carboxylic acids is 1. The molecule has 1 heterocycles. The molecule has 15 heavy (non-hydrogen) atoms. The third-order valence-electron chi connectivity index (χ3n) is 3.27. The minimum atomic E-state index is -0.684. The van der Waals surface area contributed by atoms with Gasteiger partial charge in [-0.3, -0.25) is 4.79 Å². The van der Waals surface area contributed by atoms with Crippen LogP contribution in [0.3, 0.4) is 0 Å². The van der Waals surface area contributed by atoms with E-state index in [2.05, 4.69) is 10.2 Å². The highest BCUT2D eigenvalue weighted by Crippen LogP contribution is 2.37. The van der Waals surface area contributed by atoms with Crippen LogP contribution in [0.25, 0.3) is 0 Å². The summed E-state index contributed by atoms with van der Waals surface area (Å²) in [5, 5.41) is 17.0. The summed E-state index contributed by atoms with van der Waals surface area (Å²) in [6.45, 7) is 1.90. The van der Waals surface area contributed by atoms with Gasteiger partial charge in [-0.15, -0.1) is 10.2 Å². The molecule has 2 atom stereocenters. The second-order valence-corrected chi connectivity index (χ2v) is 4.21. The van der Waals surface area contributed by atoms with E-state index >= 15 is 0 Å². The van der Waals surface area contributed by atoms with Gasteiger partial charge in [-0.1, -0.05) is 0 Å². The maximum absolute atomic E-state index is 10.8. The summed E-state index contributed by atoms with van der Waals surface area (Å²) < 4.78 is 1.95. The zero-order chi connectivity index (χ0) is 11.0. The number of hydrogen-bond donors (Lipinski definition) is 1. The SMILES string of the molecule is Cc1nnc(C2CCC(C(=O)O)C2)n1C. The largest absolute Gasteiger partial charge is 0.481 e. The van der Waals surface area contributed by atoms with Gasteiger partial charge in [-0.25, -0.2) is 0 Å². The van der Waals surface area contributed by atoms with Gasteiger partial charge in [0.05, 0.1) is 5.92 Å². The summed E-state index contributed by atoms with van der Waals surface area (Å²) >= 11 is 0. The first-order valence-corrected chi connectivity index (χ1v) is 5.18. The van der Waals surface area contributed by atoms with E-state index < -0.39 is 5.97 Å². The van der Waals surface area contributed by atoms with Crippen LogP contribution in [-0.2, 0) is 11.8 Å². The average molecular weight is 209 g/mol. The molecule has 1 aromatic rings. The van der Waals surface area contributed by atoms with Gasteiger partial charge in [0.25, 0.3) is 0 Å². The van der Waals surface area contributed by atoms with Crippen LogP contribution < -0.4 is 0 Å². The van der Waals surface area contributed by atoms with E-state index in [-0.39, 0.29) is 11.8 Å². The summed E-state index contributed by atoms with van der Waals surface area (Å²) in [5.74, 6) is 1.18. The predicted molar refractivity (Wildman–Crippen MR) is 53.5 cm³/mol. The number of nitrogens with zero attached hydrogens (tertiary/aromatic N) is 3. The lowest BCUT2D eigenvalue weighted by Gasteiger charge is -2.08. The number of rotatable bonds is 2. The second kappa shape index (κ2) is 3.64. The maximum Gasteiger partial charge on any atom is 0.306 e. The highest BCUT2D eigenvalue weighted by atomic mass is 16.4. The Labute approximate surface area is 88.1 Å². The Balaban J connectivity index is 2.14. The van der Waals surface area contributed by atoms with Crippen LogP contribution in [-0.4, -0.2) is 25.8 Å². The lowest BCUT2D eigenvalue weighted by Crippen LogP contribution is -2.10. The number of aliphatic carboxylic acids is 1. The first-order valence-electron chi connectivity index (χ1n) is 5.18. The van der Waals surface area contributed by atoms with Crippen LogP contribution in [0.4, 0.5) is 0 Å². The minimum Gasteiger partial charge on any atom is -0.481 e. The van der Waals surface area contributed by atoms with Crippen LogP contribution in [0, 0.1) is 12.8 Å². The van der Waals surface area contributed by atoms with Crippen molar-refractivity contribution >= 4 is 5.97 Å². The van der Waals surface area contributed by atoms with Gasteiger partial charge in [-0.2, -0.15) is 0 Å². The van der Waals surface area contributed by atoms with Gasteiger partial charge in [-0.05, 0) is 26.2 Å². The third-order valence-corrected chi connectivity index (χ3v) is 3.27. The maximum atomic E-state index is 10.8. The Morgan fingerprint density at radius 1 is 1.47 bits per heavy atom. The molecule has 5 heteroatoms. The van der Waals surface area contributed by atoms with Crippen molar-refractivity contribution in [1.29, 1.82) is 0 Å². The summed E-state index contributed by atoms with van der Waals surface area (Å²) in [5.41, 5.74) is 0. The van der Waals surface area contributed by atoms with Gasteiger partial charge in [0.1, 0.15) is 11.6 Å².